The van der Waals surface area contributed by atoms with Gasteiger partial charge in [0.05, 0.1) is 25.3 Å². The highest BCUT2D eigenvalue weighted by Gasteiger charge is 2.12. The first-order chi connectivity index (χ1) is 11.0. The third-order valence-electron chi connectivity index (χ3n) is 2.94. The zero-order valence-corrected chi connectivity index (χ0v) is 14.9. The van der Waals surface area contributed by atoms with Gasteiger partial charge in [-0.15, -0.1) is 0 Å². The Morgan fingerprint density at radius 1 is 1.09 bits per heavy atom. The zero-order valence-electron chi connectivity index (χ0n) is 12.5. The molecule has 0 atom stereocenters. The molecule has 2 rings (SSSR count). The monoisotopic (exact) mass is 398 g/mol. The van der Waals surface area contributed by atoms with Gasteiger partial charge in [-0.2, -0.15) is 13.5 Å². The summed E-state index contributed by atoms with van der Waals surface area (Å²) in [5, 5.41) is 3.79. The van der Waals surface area contributed by atoms with Crippen LogP contribution in [0.5, 0.6) is 11.5 Å². The third kappa shape index (κ3) is 4.46. The number of hydrogen-bond acceptors (Lipinski definition) is 5. The van der Waals surface area contributed by atoms with Crippen molar-refractivity contribution >= 4 is 32.2 Å². The molecule has 23 heavy (non-hydrogen) atoms. The van der Waals surface area contributed by atoms with Crippen LogP contribution >= 0.6 is 15.9 Å². The van der Waals surface area contributed by atoms with Gasteiger partial charge in [-0.1, -0.05) is 15.9 Å². The number of hydrazone groups is 1. The topological polar surface area (TPSA) is 77.0 Å². The Morgan fingerprint density at radius 3 is 2.39 bits per heavy atom. The van der Waals surface area contributed by atoms with Gasteiger partial charge in [0, 0.05) is 10.0 Å². The first kappa shape index (κ1) is 17.3. The molecule has 122 valence electrons. The quantitative estimate of drug-likeness (QED) is 0.599. The molecule has 0 aliphatic heterocycles. The fraction of sp³-hybridized carbons (Fsp3) is 0.133. The number of halogens is 1. The molecule has 0 amide bonds. The maximum Gasteiger partial charge on any atom is 0.276 e. The number of sulfonamides is 1. The molecule has 0 aromatic heterocycles. The van der Waals surface area contributed by atoms with E-state index in [1.54, 1.807) is 37.4 Å². The molecule has 0 bridgehead atoms. The molecule has 0 aliphatic rings. The van der Waals surface area contributed by atoms with Gasteiger partial charge < -0.3 is 9.47 Å². The molecular weight excluding hydrogens is 384 g/mol. The van der Waals surface area contributed by atoms with Gasteiger partial charge >= 0.3 is 0 Å². The molecule has 2 aromatic rings. The van der Waals surface area contributed by atoms with Gasteiger partial charge in [0.25, 0.3) is 10.0 Å². The molecule has 0 saturated heterocycles. The fourth-order valence-electron chi connectivity index (χ4n) is 1.77. The van der Waals surface area contributed by atoms with Crippen molar-refractivity contribution in [2.75, 3.05) is 14.2 Å². The largest absolute Gasteiger partial charge is 0.497 e. The summed E-state index contributed by atoms with van der Waals surface area (Å²) in [6, 6.07) is 11.4. The summed E-state index contributed by atoms with van der Waals surface area (Å²) in [6.07, 6.45) is 1.36. The third-order valence-corrected chi connectivity index (χ3v) is 4.70. The van der Waals surface area contributed by atoms with Crippen LogP contribution in [0.15, 0.2) is 56.9 Å². The van der Waals surface area contributed by atoms with Crippen LogP contribution in [0.2, 0.25) is 0 Å². The summed E-state index contributed by atoms with van der Waals surface area (Å²) in [5.74, 6) is 1.17. The molecule has 0 heterocycles. The summed E-state index contributed by atoms with van der Waals surface area (Å²) in [5.41, 5.74) is 0.588. The van der Waals surface area contributed by atoms with E-state index in [-0.39, 0.29) is 4.90 Å². The van der Waals surface area contributed by atoms with E-state index in [1.807, 2.05) is 0 Å². The van der Waals surface area contributed by atoms with Crippen LogP contribution in [0.3, 0.4) is 0 Å². The van der Waals surface area contributed by atoms with Crippen molar-refractivity contribution in [1.29, 1.82) is 0 Å². The number of hydrogen-bond donors (Lipinski definition) is 1. The van der Waals surface area contributed by atoms with E-state index in [0.29, 0.717) is 17.1 Å². The van der Waals surface area contributed by atoms with Crippen LogP contribution in [-0.4, -0.2) is 28.9 Å². The molecule has 2 aromatic carbocycles. The van der Waals surface area contributed by atoms with Crippen LogP contribution in [0.4, 0.5) is 0 Å². The number of rotatable bonds is 6. The van der Waals surface area contributed by atoms with Gasteiger partial charge in [0.2, 0.25) is 0 Å². The predicted molar refractivity (Wildman–Crippen MR) is 91.6 cm³/mol. The predicted octanol–water partition coefficient (Wildman–Crippen LogP) is 2.78. The zero-order chi connectivity index (χ0) is 16.9. The summed E-state index contributed by atoms with van der Waals surface area (Å²) in [4.78, 5) is 2.28. The Bertz CT molecular complexity index is 805. The molecule has 0 radical (unpaired) electrons. The Labute approximate surface area is 143 Å². The van der Waals surface area contributed by atoms with E-state index in [2.05, 4.69) is 25.9 Å². The minimum Gasteiger partial charge on any atom is -0.497 e. The van der Waals surface area contributed by atoms with Gasteiger partial charge in [0.15, 0.2) is 0 Å². The van der Waals surface area contributed by atoms with Crippen LogP contribution in [-0.2, 0) is 10.0 Å². The lowest BCUT2D eigenvalue weighted by molar-refractivity contribution is 0.402. The number of ether oxygens (including phenoxy) is 2. The van der Waals surface area contributed by atoms with Crippen LogP contribution in [0.25, 0.3) is 0 Å². The van der Waals surface area contributed by atoms with Crippen LogP contribution in [0, 0.1) is 0 Å². The van der Waals surface area contributed by atoms with Crippen molar-refractivity contribution in [2.45, 2.75) is 4.90 Å². The molecule has 0 saturated carbocycles. The first-order valence-corrected chi connectivity index (χ1v) is 8.76. The molecule has 1 N–H and O–H groups in total. The van der Waals surface area contributed by atoms with Crippen molar-refractivity contribution < 1.29 is 17.9 Å². The molecular formula is C15H15BrN2O4S. The summed E-state index contributed by atoms with van der Waals surface area (Å²) >= 11 is 3.25. The van der Waals surface area contributed by atoms with E-state index < -0.39 is 10.0 Å². The average molecular weight is 399 g/mol. The van der Waals surface area contributed by atoms with E-state index in [9.17, 15) is 8.42 Å². The molecule has 0 unspecified atom stereocenters. The minimum atomic E-state index is -3.72. The van der Waals surface area contributed by atoms with Gasteiger partial charge in [-0.05, 0) is 42.5 Å². The first-order valence-electron chi connectivity index (χ1n) is 6.49. The smallest absolute Gasteiger partial charge is 0.276 e. The standard InChI is InChI=1S/C15H15BrN2O4S/c1-21-13-5-8-15(22-2)11(9-13)10-17-18-23(19,20)14-6-3-12(16)4-7-14/h3-10,18H,1-2H3/b17-10-. The molecule has 0 spiro atoms. The summed E-state index contributed by atoms with van der Waals surface area (Å²) in [6.45, 7) is 0. The second-order valence-electron chi connectivity index (χ2n) is 4.41. The lowest BCUT2D eigenvalue weighted by atomic mass is 10.2. The van der Waals surface area contributed by atoms with E-state index >= 15 is 0 Å². The van der Waals surface area contributed by atoms with Crippen molar-refractivity contribution in [1.82, 2.24) is 4.83 Å². The Morgan fingerprint density at radius 2 is 1.78 bits per heavy atom. The lowest BCUT2D eigenvalue weighted by Crippen LogP contribution is -2.18. The van der Waals surface area contributed by atoms with E-state index in [1.165, 1.54) is 25.5 Å². The average Bonchev–Trinajstić information content (AvgIpc) is 2.55. The van der Waals surface area contributed by atoms with E-state index in [4.69, 9.17) is 9.47 Å². The number of methoxy groups -OCH3 is 2. The molecule has 0 aliphatic carbocycles. The van der Waals surface area contributed by atoms with Crippen molar-refractivity contribution in [3.05, 3.63) is 52.5 Å². The second-order valence-corrected chi connectivity index (χ2v) is 6.99. The molecule has 6 nitrogen and oxygen atoms in total. The van der Waals surface area contributed by atoms with Gasteiger partial charge in [0.1, 0.15) is 11.5 Å². The fourth-order valence-corrected chi connectivity index (χ4v) is 2.83. The van der Waals surface area contributed by atoms with Crippen molar-refractivity contribution in [3.63, 3.8) is 0 Å². The van der Waals surface area contributed by atoms with Gasteiger partial charge in [-0.25, -0.2) is 4.83 Å². The number of nitrogens with one attached hydrogen (secondary N) is 1. The second kappa shape index (κ2) is 7.47. The SMILES string of the molecule is COc1ccc(OC)c(/C=N\NS(=O)(=O)c2ccc(Br)cc2)c1. The normalized spacial score (nSPS) is 11.4. The highest BCUT2D eigenvalue weighted by Crippen LogP contribution is 2.22. The van der Waals surface area contributed by atoms with Crippen molar-refractivity contribution in [3.8, 4) is 11.5 Å². The molecule has 8 heteroatoms. The Hall–Kier alpha value is -2.06. The lowest BCUT2D eigenvalue weighted by Gasteiger charge is -2.07. The maximum atomic E-state index is 12.1. The highest BCUT2D eigenvalue weighted by atomic mass is 79.9. The Balaban J connectivity index is 2.19. The molecule has 0 fully saturated rings. The summed E-state index contributed by atoms with van der Waals surface area (Å²) < 4.78 is 35.3. The van der Waals surface area contributed by atoms with Crippen LogP contribution in [0.1, 0.15) is 5.56 Å². The highest BCUT2D eigenvalue weighted by molar-refractivity contribution is 9.10. The van der Waals surface area contributed by atoms with Crippen LogP contribution < -0.4 is 14.3 Å². The number of nitrogens with zero attached hydrogens (tertiary/aromatic N) is 1. The minimum absolute atomic E-state index is 0.121. The van der Waals surface area contributed by atoms with Gasteiger partial charge in [-0.3, -0.25) is 0 Å². The van der Waals surface area contributed by atoms with E-state index in [0.717, 1.165) is 4.47 Å². The number of benzene rings is 2. The summed E-state index contributed by atoms with van der Waals surface area (Å²) in [7, 11) is -0.664. The Kier molecular flexibility index (Phi) is 5.62. The van der Waals surface area contributed by atoms with Crippen molar-refractivity contribution in [2.24, 2.45) is 5.10 Å². The maximum absolute atomic E-state index is 12.1.